The number of fused-ring (bicyclic) bond motifs is 1. The summed E-state index contributed by atoms with van der Waals surface area (Å²) in [6, 6.07) is 12.1. The number of anilines is 1. The van der Waals surface area contributed by atoms with Crippen molar-refractivity contribution in [3.05, 3.63) is 57.2 Å². The average Bonchev–Trinajstić information content (AvgIpc) is 2.72. The van der Waals surface area contributed by atoms with Gasteiger partial charge >= 0.3 is 0 Å². The molecule has 0 aliphatic carbocycles. The maximum atomic E-state index is 12.4. The number of amides is 2. The van der Waals surface area contributed by atoms with E-state index in [0.717, 1.165) is 3.57 Å². The Morgan fingerprint density at radius 2 is 1.60 bits per heavy atom. The molecule has 2 amide bonds. The molecule has 1 aliphatic heterocycles. The van der Waals surface area contributed by atoms with Gasteiger partial charge in [0.1, 0.15) is 5.75 Å². The predicted molar refractivity (Wildman–Crippen MR) is 83.3 cm³/mol. The van der Waals surface area contributed by atoms with E-state index in [0.29, 0.717) is 22.6 Å². The normalized spacial score (nSPS) is 13.6. The van der Waals surface area contributed by atoms with Crippen LogP contribution in [-0.2, 0) is 0 Å². The Morgan fingerprint density at radius 3 is 2.15 bits per heavy atom. The van der Waals surface area contributed by atoms with E-state index in [9.17, 15) is 9.59 Å². The summed E-state index contributed by atoms with van der Waals surface area (Å²) in [4.78, 5) is 25.9. The fraction of sp³-hybridized carbons (Fsp3) is 0.0667. The van der Waals surface area contributed by atoms with Crippen LogP contribution in [0.15, 0.2) is 42.5 Å². The zero-order valence-corrected chi connectivity index (χ0v) is 12.7. The van der Waals surface area contributed by atoms with E-state index in [1.165, 1.54) is 4.90 Å². The lowest BCUT2D eigenvalue weighted by molar-refractivity contribution is 0.0926. The Morgan fingerprint density at radius 1 is 1.00 bits per heavy atom. The SMILES string of the molecule is COc1cc(N2C(=O)c3ccccc3C2=O)ccc1I. The first-order chi connectivity index (χ1) is 9.63. The Balaban J connectivity index is 2.09. The zero-order chi connectivity index (χ0) is 14.3. The lowest BCUT2D eigenvalue weighted by atomic mass is 10.1. The predicted octanol–water partition coefficient (Wildman–Crippen LogP) is 3.10. The molecule has 0 atom stereocenters. The van der Waals surface area contributed by atoms with Gasteiger partial charge < -0.3 is 4.74 Å². The van der Waals surface area contributed by atoms with Gasteiger partial charge in [-0.25, -0.2) is 4.90 Å². The number of ether oxygens (including phenoxy) is 1. The van der Waals surface area contributed by atoms with E-state index in [2.05, 4.69) is 22.6 Å². The van der Waals surface area contributed by atoms with Crippen molar-refractivity contribution >= 4 is 40.1 Å². The maximum Gasteiger partial charge on any atom is 0.266 e. The van der Waals surface area contributed by atoms with Crippen molar-refractivity contribution in [1.82, 2.24) is 0 Å². The highest BCUT2D eigenvalue weighted by Crippen LogP contribution is 2.32. The molecule has 2 aromatic carbocycles. The molecule has 0 saturated carbocycles. The molecule has 0 radical (unpaired) electrons. The highest BCUT2D eigenvalue weighted by molar-refractivity contribution is 14.1. The minimum Gasteiger partial charge on any atom is -0.496 e. The molecule has 0 spiro atoms. The van der Waals surface area contributed by atoms with Crippen LogP contribution in [0.2, 0.25) is 0 Å². The molecule has 100 valence electrons. The topological polar surface area (TPSA) is 46.6 Å². The number of carbonyl (C=O) groups excluding carboxylic acids is 2. The third-order valence-electron chi connectivity index (χ3n) is 3.19. The van der Waals surface area contributed by atoms with Crippen LogP contribution in [-0.4, -0.2) is 18.9 Å². The van der Waals surface area contributed by atoms with Gasteiger partial charge in [0.15, 0.2) is 0 Å². The minimum absolute atomic E-state index is 0.297. The third-order valence-corrected chi connectivity index (χ3v) is 4.08. The Bertz CT molecular complexity index is 692. The molecule has 0 unspecified atom stereocenters. The summed E-state index contributed by atoms with van der Waals surface area (Å²) in [5, 5.41) is 0. The maximum absolute atomic E-state index is 12.4. The van der Waals surface area contributed by atoms with Gasteiger partial charge in [-0.1, -0.05) is 12.1 Å². The number of hydrogen-bond donors (Lipinski definition) is 0. The number of benzene rings is 2. The Hall–Kier alpha value is -1.89. The smallest absolute Gasteiger partial charge is 0.266 e. The molecule has 0 N–H and O–H groups in total. The third kappa shape index (κ3) is 1.89. The summed E-state index contributed by atoms with van der Waals surface area (Å²) in [6.07, 6.45) is 0. The first-order valence-corrected chi connectivity index (χ1v) is 7.02. The summed E-state index contributed by atoms with van der Waals surface area (Å²) in [5.41, 5.74) is 1.40. The van der Waals surface area contributed by atoms with Crippen molar-refractivity contribution < 1.29 is 14.3 Å². The molecular formula is C15H10INO3. The van der Waals surface area contributed by atoms with Crippen LogP contribution in [0, 0.1) is 3.57 Å². The number of halogens is 1. The lowest BCUT2D eigenvalue weighted by Gasteiger charge is -2.15. The molecule has 0 saturated heterocycles. The van der Waals surface area contributed by atoms with E-state index in [1.54, 1.807) is 43.5 Å². The molecule has 2 aromatic rings. The van der Waals surface area contributed by atoms with Gasteiger partial charge in [0, 0.05) is 6.07 Å². The second-order valence-corrected chi connectivity index (χ2v) is 5.47. The standard InChI is InChI=1S/C15H10INO3/c1-20-13-8-9(6-7-12(13)16)17-14(18)10-4-2-3-5-11(10)15(17)19/h2-8H,1H3. The number of methoxy groups -OCH3 is 1. The largest absolute Gasteiger partial charge is 0.496 e. The highest BCUT2D eigenvalue weighted by Gasteiger charge is 2.36. The van der Waals surface area contributed by atoms with Crippen LogP contribution in [0.1, 0.15) is 20.7 Å². The molecule has 20 heavy (non-hydrogen) atoms. The molecule has 1 heterocycles. The number of nitrogens with zero attached hydrogens (tertiary/aromatic N) is 1. The molecular weight excluding hydrogens is 369 g/mol. The summed E-state index contributed by atoms with van der Waals surface area (Å²) in [7, 11) is 1.56. The van der Waals surface area contributed by atoms with Gasteiger partial charge in [0.05, 0.1) is 27.5 Å². The van der Waals surface area contributed by atoms with Crippen LogP contribution in [0.3, 0.4) is 0 Å². The van der Waals surface area contributed by atoms with Crippen molar-refractivity contribution in [2.24, 2.45) is 0 Å². The Labute approximate surface area is 129 Å². The summed E-state index contributed by atoms with van der Waals surface area (Å²) in [5.74, 6) is 0.0439. The van der Waals surface area contributed by atoms with Gasteiger partial charge in [-0.3, -0.25) is 9.59 Å². The first kappa shape index (κ1) is 13.1. The van der Waals surface area contributed by atoms with Crippen molar-refractivity contribution in [2.45, 2.75) is 0 Å². The molecule has 0 bridgehead atoms. The van der Waals surface area contributed by atoms with Crippen molar-refractivity contribution in [1.29, 1.82) is 0 Å². The number of carbonyl (C=O) groups is 2. The molecule has 4 nitrogen and oxygen atoms in total. The molecule has 0 aromatic heterocycles. The van der Waals surface area contributed by atoms with Crippen LogP contribution in [0.25, 0.3) is 0 Å². The lowest BCUT2D eigenvalue weighted by Crippen LogP contribution is -2.29. The fourth-order valence-corrected chi connectivity index (χ4v) is 2.77. The average molecular weight is 379 g/mol. The van der Waals surface area contributed by atoms with Gasteiger partial charge in [0.25, 0.3) is 11.8 Å². The van der Waals surface area contributed by atoms with E-state index >= 15 is 0 Å². The van der Waals surface area contributed by atoms with Crippen LogP contribution < -0.4 is 9.64 Å². The second kappa shape index (κ2) is 4.90. The van der Waals surface area contributed by atoms with Crippen molar-refractivity contribution in [3.63, 3.8) is 0 Å². The second-order valence-electron chi connectivity index (χ2n) is 4.31. The highest BCUT2D eigenvalue weighted by atomic mass is 127. The summed E-state index contributed by atoms with van der Waals surface area (Å²) in [6.45, 7) is 0. The zero-order valence-electron chi connectivity index (χ0n) is 10.6. The summed E-state index contributed by atoms with van der Waals surface area (Å²) >= 11 is 2.14. The fourth-order valence-electron chi connectivity index (χ4n) is 2.21. The van der Waals surface area contributed by atoms with E-state index < -0.39 is 0 Å². The van der Waals surface area contributed by atoms with Gasteiger partial charge in [-0.2, -0.15) is 0 Å². The van der Waals surface area contributed by atoms with E-state index in [-0.39, 0.29) is 11.8 Å². The number of rotatable bonds is 2. The van der Waals surface area contributed by atoms with Gasteiger partial charge in [-0.15, -0.1) is 0 Å². The van der Waals surface area contributed by atoms with E-state index in [1.807, 2.05) is 6.07 Å². The Kier molecular flexibility index (Phi) is 3.21. The molecule has 0 fully saturated rings. The van der Waals surface area contributed by atoms with E-state index in [4.69, 9.17) is 4.74 Å². The minimum atomic E-state index is -0.297. The van der Waals surface area contributed by atoms with Crippen LogP contribution >= 0.6 is 22.6 Å². The molecule has 1 aliphatic rings. The van der Waals surface area contributed by atoms with Crippen LogP contribution in [0.4, 0.5) is 5.69 Å². The number of imide groups is 1. The first-order valence-electron chi connectivity index (χ1n) is 5.95. The number of hydrogen-bond acceptors (Lipinski definition) is 3. The summed E-state index contributed by atoms with van der Waals surface area (Å²) < 4.78 is 6.16. The molecule has 3 rings (SSSR count). The van der Waals surface area contributed by atoms with Crippen LogP contribution in [0.5, 0.6) is 5.75 Å². The monoisotopic (exact) mass is 379 g/mol. The van der Waals surface area contributed by atoms with Crippen molar-refractivity contribution in [2.75, 3.05) is 12.0 Å². The van der Waals surface area contributed by atoms with Crippen molar-refractivity contribution in [3.8, 4) is 5.75 Å². The molecule has 5 heteroatoms. The van der Waals surface area contributed by atoms with Gasteiger partial charge in [0.2, 0.25) is 0 Å². The van der Waals surface area contributed by atoms with Gasteiger partial charge in [-0.05, 0) is 46.9 Å². The quantitative estimate of drug-likeness (QED) is 0.595.